The first-order chi connectivity index (χ1) is 5.25. The van der Waals surface area contributed by atoms with E-state index >= 15 is 0 Å². The van der Waals surface area contributed by atoms with E-state index in [1.807, 2.05) is 0 Å². The van der Waals surface area contributed by atoms with Crippen molar-refractivity contribution in [3.05, 3.63) is 29.8 Å². The van der Waals surface area contributed by atoms with Gasteiger partial charge in [0.15, 0.2) is 11.6 Å². The first kappa shape index (κ1) is 8.14. The fourth-order valence-electron chi connectivity index (χ4n) is 0.673. The molecule has 0 aliphatic heterocycles. The van der Waals surface area contributed by atoms with Gasteiger partial charge in [-0.05, 0) is 6.07 Å². The molecule has 0 aliphatic rings. The van der Waals surface area contributed by atoms with Gasteiger partial charge in [0, 0.05) is 6.20 Å². The number of alkyl halides is 1. The Balaban J connectivity index is 3.03. The van der Waals surface area contributed by atoms with Crippen LogP contribution in [0, 0.1) is 5.82 Å². The quantitative estimate of drug-likeness (QED) is 0.503. The normalized spacial score (nSPS) is 9.64. The number of nitrogens with zero attached hydrogens (tertiary/aromatic N) is 1. The zero-order valence-corrected chi connectivity index (χ0v) is 6.31. The summed E-state index contributed by atoms with van der Waals surface area (Å²) in [6, 6.07) is 1.31. The summed E-state index contributed by atoms with van der Waals surface area (Å²) in [4.78, 5) is 14.3. The van der Waals surface area contributed by atoms with E-state index in [0.29, 0.717) is 0 Å². The van der Waals surface area contributed by atoms with E-state index in [0.717, 1.165) is 6.20 Å². The van der Waals surface area contributed by atoms with Gasteiger partial charge in [-0.2, -0.15) is 0 Å². The van der Waals surface area contributed by atoms with Crippen LogP contribution in [-0.4, -0.2) is 16.6 Å². The summed E-state index contributed by atoms with van der Waals surface area (Å²) >= 11 is 5.22. The number of Topliss-reactive ketones (excluding diaryl/α,β-unsaturated/α-hetero) is 1. The molecule has 11 heavy (non-hydrogen) atoms. The Bertz CT molecular complexity index is 277. The number of hydrogen-bond donors (Lipinski definition) is 0. The third-order valence-corrected chi connectivity index (χ3v) is 1.44. The van der Waals surface area contributed by atoms with Crippen molar-refractivity contribution in [3.8, 4) is 0 Å². The molecule has 1 heterocycles. The number of carbonyl (C=O) groups is 1. The highest BCUT2D eigenvalue weighted by atomic mass is 35.5. The number of aromatic nitrogens is 1. The fraction of sp³-hybridized carbons (Fsp3) is 0.143. The Morgan fingerprint density at radius 1 is 1.73 bits per heavy atom. The fourth-order valence-corrected chi connectivity index (χ4v) is 0.817. The van der Waals surface area contributed by atoms with Crippen LogP contribution in [-0.2, 0) is 0 Å². The maximum absolute atomic E-state index is 12.7. The van der Waals surface area contributed by atoms with Gasteiger partial charge in [0.1, 0.15) is 0 Å². The molecule has 0 bridgehead atoms. The maximum atomic E-state index is 12.7. The lowest BCUT2D eigenvalue weighted by molar-refractivity contribution is 0.101. The predicted molar refractivity (Wildman–Crippen MR) is 39.2 cm³/mol. The molecule has 1 aromatic rings. The van der Waals surface area contributed by atoms with E-state index in [1.54, 1.807) is 0 Å². The Morgan fingerprint density at radius 2 is 2.45 bits per heavy atom. The summed E-state index contributed by atoms with van der Waals surface area (Å²) in [5.41, 5.74) is -0.00463. The number of rotatable bonds is 2. The van der Waals surface area contributed by atoms with Gasteiger partial charge in [-0.1, -0.05) is 0 Å². The third kappa shape index (κ3) is 1.74. The minimum Gasteiger partial charge on any atom is -0.293 e. The van der Waals surface area contributed by atoms with Crippen LogP contribution in [0.5, 0.6) is 0 Å². The van der Waals surface area contributed by atoms with Gasteiger partial charge >= 0.3 is 0 Å². The molecule has 0 radical (unpaired) electrons. The highest BCUT2D eigenvalue weighted by molar-refractivity contribution is 6.30. The van der Waals surface area contributed by atoms with Crippen LogP contribution >= 0.6 is 11.6 Å². The zero-order valence-electron chi connectivity index (χ0n) is 5.55. The van der Waals surface area contributed by atoms with Crippen LogP contribution in [0.15, 0.2) is 18.5 Å². The summed E-state index contributed by atoms with van der Waals surface area (Å²) in [6.07, 6.45) is 2.34. The van der Waals surface area contributed by atoms with Crippen molar-refractivity contribution in [2.75, 3.05) is 5.88 Å². The van der Waals surface area contributed by atoms with Crippen molar-refractivity contribution in [3.63, 3.8) is 0 Å². The predicted octanol–water partition coefficient (Wildman–Crippen LogP) is 1.64. The van der Waals surface area contributed by atoms with Gasteiger partial charge in [0.05, 0.1) is 17.6 Å². The summed E-state index contributed by atoms with van der Waals surface area (Å²) in [7, 11) is 0. The number of halogens is 2. The first-order valence-electron chi connectivity index (χ1n) is 2.94. The number of carbonyl (C=O) groups excluding carboxylic acids is 1. The molecule has 1 aromatic heterocycles. The molecule has 0 saturated heterocycles. The molecule has 0 saturated carbocycles. The Hall–Kier alpha value is -0.960. The van der Waals surface area contributed by atoms with Gasteiger partial charge in [-0.3, -0.25) is 9.78 Å². The summed E-state index contributed by atoms with van der Waals surface area (Å²) in [6.45, 7) is 0. The number of hydrogen-bond acceptors (Lipinski definition) is 2. The average Bonchev–Trinajstić information content (AvgIpc) is 2.04. The van der Waals surface area contributed by atoms with Gasteiger partial charge in [0.2, 0.25) is 0 Å². The summed E-state index contributed by atoms with van der Waals surface area (Å²) < 4.78 is 12.7. The Morgan fingerprint density at radius 3 is 3.00 bits per heavy atom. The molecular formula is C7H5ClFNO. The van der Waals surface area contributed by atoms with Gasteiger partial charge < -0.3 is 0 Å². The van der Waals surface area contributed by atoms with E-state index in [1.165, 1.54) is 12.3 Å². The molecule has 0 unspecified atom stereocenters. The molecule has 58 valence electrons. The molecular weight excluding hydrogens is 169 g/mol. The summed E-state index contributed by atoms with van der Waals surface area (Å²) in [5, 5.41) is 0. The summed E-state index contributed by atoms with van der Waals surface area (Å²) in [5.74, 6) is -1.26. The highest BCUT2D eigenvalue weighted by Gasteiger charge is 2.08. The van der Waals surface area contributed by atoms with Gasteiger partial charge in [-0.15, -0.1) is 11.6 Å². The van der Waals surface area contributed by atoms with Crippen molar-refractivity contribution in [2.45, 2.75) is 0 Å². The largest absolute Gasteiger partial charge is 0.293 e. The van der Waals surface area contributed by atoms with Crippen molar-refractivity contribution in [1.29, 1.82) is 0 Å². The second-order valence-corrected chi connectivity index (χ2v) is 2.18. The molecule has 0 aliphatic carbocycles. The van der Waals surface area contributed by atoms with Gasteiger partial charge in [-0.25, -0.2) is 4.39 Å². The van der Waals surface area contributed by atoms with E-state index < -0.39 is 11.6 Å². The van der Waals surface area contributed by atoms with Crippen LogP contribution in [0.2, 0.25) is 0 Å². The number of ketones is 1. The monoisotopic (exact) mass is 173 g/mol. The first-order valence-corrected chi connectivity index (χ1v) is 3.48. The molecule has 1 rings (SSSR count). The van der Waals surface area contributed by atoms with Crippen LogP contribution < -0.4 is 0 Å². The van der Waals surface area contributed by atoms with Crippen molar-refractivity contribution in [1.82, 2.24) is 4.98 Å². The Labute approximate surface area is 68.0 Å². The van der Waals surface area contributed by atoms with Crippen LogP contribution in [0.3, 0.4) is 0 Å². The van der Waals surface area contributed by atoms with Crippen molar-refractivity contribution >= 4 is 17.4 Å². The molecule has 0 N–H and O–H groups in total. The topological polar surface area (TPSA) is 30.0 Å². The second-order valence-electron chi connectivity index (χ2n) is 1.91. The highest BCUT2D eigenvalue weighted by Crippen LogP contribution is 2.05. The molecule has 4 heteroatoms. The van der Waals surface area contributed by atoms with E-state index in [-0.39, 0.29) is 11.4 Å². The minimum absolute atomic E-state index is 0.00463. The molecule has 0 spiro atoms. The van der Waals surface area contributed by atoms with Crippen molar-refractivity contribution in [2.24, 2.45) is 0 Å². The lowest BCUT2D eigenvalue weighted by atomic mass is 10.2. The van der Waals surface area contributed by atoms with Crippen LogP contribution in [0.1, 0.15) is 10.4 Å². The molecule has 0 aromatic carbocycles. The lowest BCUT2D eigenvalue weighted by Gasteiger charge is -1.95. The third-order valence-electron chi connectivity index (χ3n) is 1.19. The molecule has 0 atom stereocenters. The lowest BCUT2D eigenvalue weighted by Crippen LogP contribution is -2.03. The Kier molecular flexibility index (Phi) is 2.54. The smallest absolute Gasteiger partial charge is 0.180 e. The average molecular weight is 174 g/mol. The minimum atomic E-state index is -0.627. The van der Waals surface area contributed by atoms with E-state index in [4.69, 9.17) is 11.6 Å². The van der Waals surface area contributed by atoms with Crippen LogP contribution in [0.25, 0.3) is 0 Å². The number of pyridine rings is 1. The second kappa shape index (κ2) is 3.44. The SMILES string of the molecule is O=C(CCl)c1ccncc1F. The van der Waals surface area contributed by atoms with Crippen molar-refractivity contribution < 1.29 is 9.18 Å². The molecule has 0 fully saturated rings. The van der Waals surface area contributed by atoms with Gasteiger partial charge in [0.25, 0.3) is 0 Å². The van der Waals surface area contributed by atoms with E-state index in [9.17, 15) is 9.18 Å². The van der Waals surface area contributed by atoms with Crippen LogP contribution in [0.4, 0.5) is 4.39 Å². The maximum Gasteiger partial charge on any atom is 0.180 e. The molecule has 2 nitrogen and oxygen atoms in total. The zero-order chi connectivity index (χ0) is 8.27. The molecule has 0 amide bonds. The standard InChI is InChI=1S/C7H5ClFNO/c8-3-7(11)5-1-2-10-4-6(5)9/h1-2,4H,3H2. The van der Waals surface area contributed by atoms with E-state index in [2.05, 4.69) is 4.98 Å².